The Hall–Kier alpha value is -2.93. The summed E-state index contributed by atoms with van der Waals surface area (Å²) in [5.41, 5.74) is 3.72. The van der Waals surface area contributed by atoms with E-state index in [1.54, 1.807) is 17.0 Å². The molecule has 198 valence electrons. The lowest BCUT2D eigenvalue weighted by molar-refractivity contribution is -0.123. The van der Waals surface area contributed by atoms with Crippen LogP contribution in [0.4, 0.5) is 5.69 Å². The van der Waals surface area contributed by atoms with Gasteiger partial charge in [-0.05, 0) is 92.6 Å². The predicted octanol–water partition coefficient (Wildman–Crippen LogP) is 8.68. The Kier molecular flexibility index (Phi) is 9.42. The van der Waals surface area contributed by atoms with E-state index < -0.39 is 0 Å². The van der Waals surface area contributed by atoms with Crippen LogP contribution in [0.15, 0.2) is 70.6 Å². The first-order valence-electron chi connectivity index (χ1n) is 12.5. The minimum atomic E-state index is -0.0480. The molecule has 5 nitrogen and oxygen atoms in total. The van der Waals surface area contributed by atoms with E-state index in [9.17, 15) is 4.79 Å². The Bertz CT molecular complexity index is 1370. The molecule has 3 aromatic carbocycles. The van der Waals surface area contributed by atoms with Gasteiger partial charge in [-0.25, -0.2) is 4.99 Å². The Morgan fingerprint density at radius 1 is 0.974 bits per heavy atom. The highest BCUT2D eigenvalue weighted by atomic mass is 35.5. The van der Waals surface area contributed by atoms with Crippen molar-refractivity contribution in [1.29, 1.82) is 0 Å². The molecule has 0 spiro atoms. The molecule has 0 aromatic heterocycles. The molecule has 0 aliphatic carbocycles. The summed E-state index contributed by atoms with van der Waals surface area (Å²) in [4.78, 5) is 20.6. The number of rotatable bonds is 9. The van der Waals surface area contributed by atoms with Gasteiger partial charge in [-0.15, -0.1) is 0 Å². The molecule has 1 amide bonds. The molecule has 8 heteroatoms. The number of benzene rings is 3. The van der Waals surface area contributed by atoms with Crippen LogP contribution in [0.25, 0.3) is 6.08 Å². The van der Waals surface area contributed by atoms with E-state index in [1.165, 1.54) is 11.8 Å². The summed E-state index contributed by atoms with van der Waals surface area (Å²) in [5.74, 6) is 1.16. The SMILES string of the molecule is CCOc1cc(/C=C2/SC(=Nc3ccc(C)cc3)N([C@H](C)CC)C2=O)ccc1OCc1ccc(Cl)c(Cl)c1. The molecule has 0 unspecified atom stereocenters. The summed E-state index contributed by atoms with van der Waals surface area (Å²) in [6.45, 7) is 8.86. The molecule has 4 rings (SSSR count). The number of carbonyl (C=O) groups is 1. The van der Waals surface area contributed by atoms with E-state index in [-0.39, 0.29) is 11.9 Å². The third-order valence-corrected chi connectivity index (χ3v) is 7.79. The number of amidine groups is 1. The zero-order valence-corrected chi connectivity index (χ0v) is 24.2. The molecule has 1 heterocycles. The summed E-state index contributed by atoms with van der Waals surface area (Å²) in [7, 11) is 0. The van der Waals surface area contributed by atoms with Gasteiger partial charge in [0.05, 0.1) is 27.2 Å². The van der Waals surface area contributed by atoms with Crippen LogP contribution in [0.5, 0.6) is 11.5 Å². The van der Waals surface area contributed by atoms with Crippen molar-refractivity contribution in [3.63, 3.8) is 0 Å². The van der Waals surface area contributed by atoms with Gasteiger partial charge < -0.3 is 9.47 Å². The smallest absolute Gasteiger partial charge is 0.266 e. The quantitative estimate of drug-likeness (QED) is 0.242. The number of thioether (sulfide) groups is 1. The lowest BCUT2D eigenvalue weighted by Crippen LogP contribution is -2.36. The van der Waals surface area contributed by atoms with E-state index in [2.05, 4.69) is 6.92 Å². The van der Waals surface area contributed by atoms with Crippen molar-refractivity contribution in [2.75, 3.05) is 6.61 Å². The fraction of sp³-hybridized carbons (Fsp3) is 0.267. The molecule has 1 aliphatic heterocycles. The van der Waals surface area contributed by atoms with Crippen molar-refractivity contribution in [3.05, 3.63) is 92.3 Å². The maximum atomic E-state index is 13.4. The summed E-state index contributed by atoms with van der Waals surface area (Å²) in [5, 5.41) is 1.67. The number of hydrogen-bond acceptors (Lipinski definition) is 5. The first-order chi connectivity index (χ1) is 18.3. The number of aliphatic imine (C=N–C) groups is 1. The van der Waals surface area contributed by atoms with Gasteiger partial charge in [0.2, 0.25) is 0 Å². The molecule has 1 saturated heterocycles. The summed E-state index contributed by atoms with van der Waals surface area (Å²) in [6.07, 6.45) is 2.71. The third kappa shape index (κ3) is 6.73. The molecule has 1 atom stereocenters. The molecule has 1 fully saturated rings. The lowest BCUT2D eigenvalue weighted by Gasteiger charge is -2.22. The molecular weight excluding hydrogens is 539 g/mol. The number of halogens is 2. The second-order valence-corrected chi connectivity index (χ2v) is 10.8. The molecule has 38 heavy (non-hydrogen) atoms. The lowest BCUT2D eigenvalue weighted by atomic mass is 10.1. The van der Waals surface area contributed by atoms with Crippen molar-refractivity contribution in [2.24, 2.45) is 4.99 Å². The van der Waals surface area contributed by atoms with Crippen LogP contribution in [0.1, 0.15) is 43.9 Å². The topological polar surface area (TPSA) is 51.1 Å². The number of carbonyl (C=O) groups excluding carboxylic acids is 1. The van der Waals surface area contributed by atoms with Gasteiger partial charge >= 0.3 is 0 Å². The molecule has 0 bridgehead atoms. The number of aryl methyl sites for hydroxylation is 1. The van der Waals surface area contributed by atoms with Crippen molar-refractivity contribution < 1.29 is 14.3 Å². The van der Waals surface area contributed by atoms with Crippen LogP contribution in [0, 0.1) is 6.92 Å². The minimum absolute atomic E-state index is 0.0289. The first-order valence-corrected chi connectivity index (χ1v) is 14.1. The molecule has 0 N–H and O–H groups in total. The summed E-state index contributed by atoms with van der Waals surface area (Å²) in [6, 6.07) is 19.1. The number of hydrogen-bond donors (Lipinski definition) is 0. The fourth-order valence-corrected chi connectivity index (χ4v) is 5.22. The number of ether oxygens (including phenoxy) is 2. The molecule has 3 aromatic rings. The van der Waals surface area contributed by atoms with Gasteiger partial charge in [-0.3, -0.25) is 9.69 Å². The highest BCUT2D eigenvalue weighted by molar-refractivity contribution is 8.18. The standard InChI is InChI=1S/C30H30Cl2N2O3S/c1-5-20(4)34-29(35)28(38-30(34)33-23-11-7-19(3)8-12-23)17-21-10-14-26(27(16-21)36-6-2)37-18-22-9-13-24(31)25(32)15-22/h7-17,20H,5-6,18H2,1-4H3/b28-17+,33-30?/t20-/m1/s1. The Morgan fingerprint density at radius 2 is 1.74 bits per heavy atom. The van der Waals surface area contributed by atoms with Gasteiger partial charge in [0.25, 0.3) is 5.91 Å². The molecular formula is C30H30Cl2N2O3S. The molecule has 0 radical (unpaired) electrons. The molecule has 1 aliphatic rings. The van der Waals surface area contributed by atoms with Gasteiger partial charge in [0, 0.05) is 6.04 Å². The zero-order valence-electron chi connectivity index (χ0n) is 21.8. The van der Waals surface area contributed by atoms with E-state index in [4.69, 9.17) is 37.7 Å². The van der Waals surface area contributed by atoms with Crippen molar-refractivity contribution in [1.82, 2.24) is 4.90 Å². The summed E-state index contributed by atoms with van der Waals surface area (Å²) >= 11 is 13.5. The average molecular weight is 570 g/mol. The second kappa shape index (κ2) is 12.7. The van der Waals surface area contributed by atoms with Crippen molar-refractivity contribution >= 4 is 57.8 Å². The maximum Gasteiger partial charge on any atom is 0.266 e. The van der Waals surface area contributed by atoms with E-state index >= 15 is 0 Å². The van der Waals surface area contributed by atoms with Crippen molar-refractivity contribution in [2.45, 2.75) is 46.8 Å². The largest absolute Gasteiger partial charge is 0.490 e. The monoisotopic (exact) mass is 568 g/mol. The normalized spacial score (nSPS) is 16.4. The van der Waals surface area contributed by atoms with Crippen LogP contribution in [0.3, 0.4) is 0 Å². The number of amides is 1. The van der Waals surface area contributed by atoms with Gasteiger partial charge in [-0.1, -0.05) is 60.0 Å². The second-order valence-electron chi connectivity index (χ2n) is 8.95. The van der Waals surface area contributed by atoms with Crippen LogP contribution < -0.4 is 9.47 Å². The van der Waals surface area contributed by atoms with E-state index in [0.717, 1.165) is 28.8 Å². The zero-order chi connectivity index (χ0) is 27.2. The average Bonchev–Trinajstić information content (AvgIpc) is 3.20. The Labute approximate surface area is 238 Å². The van der Waals surface area contributed by atoms with Crippen molar-refractivity contribution in [3.8, 4) is 11.5 Å². The highest BCUT2D eigenvalue weighted by Crippen LogP contribution is 2.37. The summed E-state index contributed by atoms with van der Waals surface area (Å²) < 4.78 is 11.9. The third-order valence-electron chi connectivity index (χ3n) is 6.07. The fourth-order valence-electron chi connectivity index (χ4n) is 3.81. The van der Waals surface area contributed by atoms with Crippen LogP contribution >= 0.6 is 35.0 Å². The van der Waals surface area contributed by atoms with Gasteiger partial charge in [0.1, 0.15) is 6.61 Å². The Balaban J connectivity index is 1.59. The van der Waals surface area contributed by atoms with Gasteiger partial charge in [0.15, 0.2) is 16.7 Å². The van der Waals surface area contributed by atoms with Crippen LogP contribution in [-0.2, 0) is 11.4 Å². The minimum Gasteiger partial charge on any atom is -0.490 e. The maximum absolute atomic E-state index is 13.4. The van der Waals surface area contributed by atoms with E-state index in [0.29, 0.717) is 44.8 Å². The number of nitrogens with zero attached hydrogens (tertiary/aromatic N) is 2. The predicted molar refractivity (Wildman–Crippen MR) is 159 cm³/mol. The van der Waals surface area contributed by atoms with Gasteiger partial charge in [-0.2, -0.15) is 0 Å². The van der Waals surface area contributed by atoms with E-state index in [1.807, 2.05) is 75.4 Å². The van der Waals surface area contributed by atoms with Crippen LogP contribution in [0.2, 0.25) is 10.0 Å². The Morgan fingerprint density at radius 3 is 2.42 bits per heavy atom. The van der Waals surface area contributed by atoms with Crippen LogP contribution in [-0.4, -0.2) is 28.6 Å². The highest BCUT2D eigenvalue weighted by Gasteiger charge is 2.36. The first kappa shape index (κ1) is 28.1. The molecule has 0 saturated carbocycles.